The molecular weight excluding hydrogens is 656 g/mol. The molecule has 1 atom stereocenters. The smallest absolute Gasteiger partial charge is 0.242 e. The minimum atomic E-state index is -2.90. The van der Waals surface area contributed by atoms with E-state index in [0.717, 1.165) is 23.8 Å². The van der Waals surface area contributed by atoms with Gasteiger partial charge in [0.1, 0.15) is 15.6 Å². The molecule has 9 nitrogen and oxygen atoms in total. The molecule has 0 aromatic carbocycles. The van der Waals surface area contributed by atoms with Crippen molar-refractivity contribution < 1.29 is 38.9 Å². The zero-order valence-electron chi connectivity index (χ0n) is 26.8. The van der Waals surface area contributed by atoms with Crippen molar-refractivity contribution in [3.05, 3.63) is 48.8 Å². The second-order valence-electron chi connectivity index (χ2n) is 12.1. The second-order valence-corrected chi connectivity index (χ2v) is 27.6. The van der Waals surface area contributed by atoms with Crippen molar-refractivity contribution in [2.45, 2.75) is 94.7 Å². The first-order valence-electron chi connectivity index (χ1n) is 13.3. The molecule has 2 rings (SSSR count). The second kappa shape index (κ2) is 19.2. The van der Waals surface area contributed by atoms with Crippen LogP contribution in [0.1, 0.15) is 44.9 Å². The summed E-state index contributed by atoms with van der Waals surface area (Å²) in [6, 6.07) is 0. The fourth-order valence-corrected chi connectivity index (χ4v) is 7.36. The van der Waals surface area contributed by atoms with Gasteiger partial charge < -0.3 is 8.85 Å². The van der Waals surface area contributed by atoms with Gasteiger partial charge in [-0.25, -0.2) is 25.3 Å². The molecule has 0 radical (unpaired) electrons. The van der Waals surface area contributed by atoms with Crippen LogP contribution in [0.2, 0.25) is 39.3 Å². The van der Waals surface area contributed by atoms with Crippen LogP contribution in [0.25, 0.3) is 0 Å². The number of hydrogen-bond donors (Lipinski definition) is 0. The molecule has 1 unspecified atom stereocenters. The van der Waals surface area contributed by atoms with Gasteiger partial charge in [0.2, 0.25) is 16.6 Å². The molecule has 0 bridgehead atoms. The lowest BCUT2D eigenvalue weighted by atomic mass is 9.99. The maximum absolute atomic E-state index is 11.3. The van der Waals surface area contributed by atoms with Crippen LogP contribution in [-0.2, 0) is 43.2 Å². The standard InChI is InChI=1S/C10H20O3SSi.C7H12O3S.C7H14OSi.C3H6O2S.ClH/c1-14(11,12)10-7-5-9(6-8-10)13-15(2,3)4;1-11(9,10)7-4-2-6(8)3-5-7;1-6-7(2)8-9(3,4)5;1-3-6(2,4)5;/h5,10H,6-8H2,1-4H3;7H,2-5H2,1H3;6H,1-2H2,3-5H3;3H,1H2,2H3;1H. The topological polar surface area (TPSA) is 138 Å². The zero-order valence-corrected chi connectivity index (χ0v) is 32.0. The van der Waals surface area contributed by atoms with E-state index in [2.05, 4.69) is 59.0 Å². The summed E-state index contributed by atoms with van der Waals surface area (Å²) >= 11 is 0. The highest BCUT2D eigenvalue weighted by atomic mass is 35.5. The predicted octanol–water partition coefficient (Wildman–Crippen LogP) is 6.00. The van der Waals surface area contributed by atoms with Crippen LogP contribution < -0.4 is 0 Å². The van der Waals surface area contributed by atoms with Gasteiger partial charge >= 0.3 is 0 Å². The van der Waals surface area contributed by atoms with Crippen molar-refractivity contribution in [3.8, 4) is 0 Å². The van der Waals surface area contributed by atoms with Gasteiger partial charge in [0.15, 0.2) is 19.7 Å². The molecule has 15 heteroatoms. The molecule has 2 aliphatic carbocycles. The van der Waals surface area contributed by atoms with Crippen molar-refractivity contribution in [2.24, 2.45) is 0 Å². The van der Waals surface area contributed by atoms with Crippen LogP contribution in [0.3, 0.4) is 0 Å². The Balaban J connectivity index is -0.000000504. The number of Topliss-reactive ketones (excluding diaryl/α,β-unsaturated/α-hetero) is 1. The van der Waals surface area contributed by atoms with Gasteiger partial charge in [-0.15, -0.1) is 12.4 Å². The third kappa shape index (κ3) is 26.4. The summed E-state index contributed by atoms with van der Waals surface area (Å²) in [6.45, 7) is 23.0. The number of carbonyl (C=O) groups is 1. The van der Waals surface area contributed by atoms with Gasteiger partial charge in [-0.05, 0) is 77.1 Å². The number of allylic oxidation sites excluding steroid dienone is 3. The van der Waals surface area contributed by atoms with Gasteiger partial charge in [0, 0.05) is 43.4 Å². The van der Waals surface area contributed by atoms with E-state index in [1.54, 1.807) is 6.08 Å². The lowest BCUT2D eigenvalue weighted by Gasteiger charge is -2.26. The van der Waals surface area contributed by atoms with E-state index < -0.39 is 46.1 Å². The molecule has 0 heterocycles. The Hall–Kier alpha value is -1.20. The molecule has 0 spiro atoms. The van der Waals surface area contributed by atoms with Crippen LogP contribution in [0.4, 0.5) is 0 Å². The van der Waals surface area contributed by atoms with Crippen LogP contribution in [0, 0.1) is 0 Å². The Bertz CT molecular complexity index is 1220. The Morgan fingerprint density at radius 3 is 1.45 bits per heavy atom. The number of ketones is 1. The molecule has 0 saturated heterocycles. The predicted molar refractivity (Wildman–Crippen MR) is 183 cm³/mol. The van der Waals surface area contributed by atoms with E-state index in [-0.39, 0.29) is 28.7 Å². The van der Waals surface area contributed by atoms with Crippen LogP contribution in [0.15, 0.2) is 48.8 Å². The Labute approximate surface area is 264 Å². The molecule has 1 saturated carbocycles. The highest BCUT2D eigenvalue weighted by molar-refractivity contribution is 7.93. The van der Waals surface area contributed by atoms with E-state index in [9.17, 15) is 30.0 Å². The quantitative estimate of drug-likeness (QED) is 0.169. The monoisotopic (exact) mass is 708 g/mol. The molecule has 0 aromatic heterocycles. The van der Waals surface area contributed by atoms with Crippen LogP contribution >= 0.6 is 12.4 Å². The first-order chi connectivity index (χ1) is 18.2. The normalized spacial score (nSPS) is 18.0. The number of rotatable bonds is 8. The summed E-state index contributed by atoms with van der Waals surface area (Å²) in [7, 11) is -11.6. The number of sulfone groups is 3. The maximum Gasteiger partial charge on any atom is 0.242 e. The average molecular weight is 710 g/mol. The molecule has 248 valence electrons. The van der Waals surface area contributed by atoms with E-state index >= 15 is 0 Å². The van der Waals surface area contributed by atoms with Crippen molar-refractivity contribution in [1.29, 1.82) is 0 Å². The van der Waals surface area contributed by atoms with Gasteiger partial charge in [-0.2, -0.15) is 0 Å². The Morgan fingerprint density at radius 2 is 1.21 bits per heavy atom. The van der Waals surface area contributed by atoms with E-state index in [1.807, 2.05) is 6.08 Å². The third-order valence-corrected chi connectivity index (χ3v) is 11.1. The Kier molecular flexibility index (Phi) is 20.7. The first kappa shape index (κ1) is 45.2. The van der Waals surface area contributed by atoms with Gasteiger partial charge in [0.05, 0.1) is 22.0 Å². The maximum atomic E-state index is 11.3. The molecule has 2 aliphatic rings. The fraction of sp³-hybridized carbons (Fsp3) is 0.667. The average Bonchev–Trinajstić information content (AvgIpc) is 2.77. The Morgan fingerprint density at radius 1 is 0.810 bits per heavy atom. The van der Waals surface area contributed by atoms with Crippen LogP contribution in [0.5, 0.6) is 0 Å². The zero-order chi connectivity index (χ0) is 32.9. The molecular formula is C27H53ClO9S3Si2. The molecule has 0 aromatic rings. The molecule has 1 fully saturated rings. The first-order valence-corrected chi connectivity index (χ1v) is 26.0. The van der Waals surface area contributed by atoms with Crippen molar-refractivity contribution in [2.75, 3.05) is 18.8 Å². The minimum absolute atomic E-state index is 0. The summed E-state index contributed by atoms with van der Waals surface area (Å²) in [6.07, 6.45) is 11.3. The number of hydrogen-bond acceptors (Lipinski definition) is 9. The summed E-state index contributed by atoms with van der Waals surface area (Å²) in [5.74, 6) is 1.88. The summed E-state index contributed by atoms with van der Waals surface area (Å²) in [4.78, 5) is 10.7. The number of halogens is 1. The highest BCUT2D eigenvalue weighted by Gasteiger charge is 2.27. The summed E-state index contributed by atoms with van der Waals surface area (Å²) < 4.78 is 75.6. The van der Waals surface area contributed by atoms with Gasteiger partial charge in [0.25, 0.3) is 0 Å². The summed E-state index contributed by atoms with van der Waals surface area (Å²) in [5, 5.41) is 0.444. The molecule has 0 N–H and O–H groups in total. The number of carbonyl (C=O) groups excluding carboxylic acids is 1. The molecule has 0 aliphatic heterocycles. The van der Waals surface area contributed by atoms with Gasteiger partial charge in [-0.1, -0.05) is 19.7 Å². The third-order valence-electron chi connectivity index (χ3n) is 5.43. The largest absolute Gasteiger partial charge is 0.548 e. The lowest BCUT2D eigenvalue weighted by Crippen LogP contribution is -2.28. The van der Waals surface area contributed by atoms with Crippen molar-refractivity contribution in [3.63, 3.8) is 0 Å². The van der Waals surface area contributed by atoms with E-state index in [4.69, 9.17) is 8.85 Å². The molecule has 42 heavy (non-hydrogen) atoms. The minimum Gasteiger partial charge on any atom is -0.548 e. The highest BCUT2D eigenvalue weighted by Crippen LogP contribution is 2.26. The van der Waals surface area contributed by atoms with Gasteiger partial charge in [-0.3, -0.25) is 4.79 Å². The van der Waals surface area contributed by atoms with Crippen molar-refractivity contribution in [1.82, 2.24) is 0 Å². The lowest BCUT2D eigenvalue weighted by molar-refractivity contribution is -0.120. The molecule has 0 amide bonds. The van der Waals surface area contributed by atoms with Crippen LogP contribution in [-0.4, -0.2) is 76.9 Å². The van der Waals surface area contributed by atoms with E-state index in [1.165, 1.54) is 12.5 Å². The SMILES string of the molecule is C=CC(=C)O[Si](C)(C)C.C=CS(C)(=O)=O.CS(=O)(=O)C1CCC(=O)CC1.C[Si](C)(C)OC1=CCC(S(C)(=O)=O)CC1.Cl. The summed E-state index contributed by atoms with van der Waals surface area (Å²) in [5.41, 5.74) is 0. The fourth-order valence-electron chi connectivity index (χ4n) is 3.44. The van der Waals surface area contributed by atoms with E-state index in [0.29, 0.717) is 44.3 Å². The van der Waals surface area contributed by atoms with Crippen molar-refractivity contribution >= 4 is 64.3 Å².